The Hall–Kier alpha value is -0.990. The zero-order chi connectivity index (χ0) is 7.82. The van der Waals surface area contributed by atoms with Gasteiger partial charge in [-0.3, -0.25) is 0 Å². The Morgan fingerprint density at radius 1 is 1.00 bits per heavy atom. The Labute approximate surface area is 68.9 Å². The summed E-state index contributed by atoms with van der Waals surface area (Å²) in [5.41, 5.74) is 0. The van der Waals surface area contributed by atoms with E-state index in [0.29, 0.717) is 0 Å². The maximum absolute atomic E-state index is 3.61. The molecule has 3 nitrogen and oxygen atoms in total. The topological polar surface area (TPSA) is 38.7 Å². The summed E-state index contributed by atoms with van der Waals surface area (Å²) >= 11 is 0. The number of hydrogen-bond acceptors (Lipinski definition) is 3. The summed E-state index contributed by atoms with van der Waals surface area (Å²) in [7, 11) is 0. The van der Waals surface area contributed by atoms with Crippen molar-refractivity contribution in [2.24, 2.45) is 5.92 Å². The van der Waals surface area contributed by atoms with Gasteiger partial charge in [0.1, 0.15) is 6.33 Å². The van der Waals surface area contributed by atoms with Crippen molar-refractivity contribution in [2.45, 2.75) is 28.2 Å². The first-order chi connectivity index (χ1) is 4.73. The highest BCUT2D eigenvalue weighted by molar-refractivity contribution is 4.59. The molecule has 11 heavy (non-hydrogen) atoms. The zero-order valence-electron chi connectivity index (χ0n) is 6.65. The molecule has 0 fully saturated rings. The van der Waals surface area contributed by atoms with Gasteiger partial charge in [0.15, 0.2) is 0 Å². The number of aromatic nitrogens is 3. The van der Waals surface area contributed by atoms with E-state index in [1.54, 1.807) is 6.20 Å². The second kappa shape index (κ2) is 9.01. The standard InChI is InChI=1S/C4H10.C3H3N3.CH4/c1-4(2)3;1-2-5-6-3-4-1;/h4H,1-3H3;1-3H;1H4. The Morgan fingerprint density at radius 2 is 1.55 bits per heavy atom. The normalized spacial score (nSPS) is 7.64. The molecule has 0 aliphatic rings. The highest BCUT2D eigenvalue weighted by Crippen LogP contribution is 1.81. The molecule has 0 aliphatic heterocycles. The summed E-state index contributed by atoms with van der Waals surface area (Å²) < 4.78 is 0. The monoisotopic (exact) mass is 155 g/mol. The van der Waals surface area contributed by atoms with Crippen LogP contribution < -0.4 is 0 Å². The van der Waals surface area contributed by atoms with Gasteiger partial charge in [0.05, 0.1) is 6.20 Å². The first kappa shape index (κ1) is 12.7. The van der Waals surface area contributed by atoms with E-state index < -0.39 is 0 Å². The average Bonchev–Trinajstić information content (AvgIpc) is 1.90. The van der Waals surface area contributed by atoms with E-state index >= 15 is 0 Å². The van der Waals surface area contributed by atoms with Crippen LogP contribution in [0.3, 0.4) is 0 Å². The zero-order valence-corrected chi connectivity index (χ0v) is 6.65. The first-order valence-electron chi connectivity index (χ1n) is 3.30. The summed E-state index contributed by atoms with van der Waals surface area (Å²) in [5, 5.41) is 6.90. The summed E-state index contributed by atoms with van der Waals surface area (Å²) in [6.45, 7) is 6.50. The Balaban J connectivity index is 0. The molecule has 0 amide bonds. The van der Waals surface area contributed by atoms with E-state index in [9.17, 15) is 0 Å². The molecule has 1 rings (SSSR count). The van der Waals surface area contributed by atoms with Crippen LogP contribution in [0.2, 0.25) is 0 Å². The maximum atomic E-state index is 3.61. The van der Waals surface area contributed by atoms with Gasteiger partial charge in [0.2, 0.25) is 0 Å². The number of nitrogens with zero attached hydrogens (tertiary/aromatic N) is 3. The van der Waals surface area contributed by atoms with Gasteiger partial charge in [-0.25, -0.2) is 4.98 Å². The Morgan fingerprint density at radius 3 is 1.64 bits per heavy atom. The second-order valence-corrected chi connectivity index (χ2v) is 2.53. The van der Waals surface area contributed by atoms with Gasteiger partial charge in [-0.1, -0.05) is 28.2 Å². The molecule has 1 aromatic rings. The van der Waals surface area contributed by atoms with Crippen LogP contribution in [0, 0.1) is 5.92 Å². The molecule has 0 saturated carbocycles. The second-order valence-electron chi connectivity index (χ2n) is 2.53. The lowest BCUT2D eigenvalue weighted by Crippen LogP contribution is -1.75. The molecule has 0 saturated heterocycles. The van der Waals surface area contributed by atoms with Crippen LogP contribution in [-0.4, -0.2) is 15.2 Å². The third kappa shape index (κ3) is 17.6. The van der Waals surface area contributed by atoms with Crippen molar-refractivity contribution >= 4 is 0 Å². The highest BCUT2D eigenvalue weighted by atomic mass is 15.1. The van der Waals surface area contributed by atoms with Crippen molar-refractivity contribution in [2.75, 3.05) is 0 Å². The fourth-order valence-corrected chi connectivity index (χ4v) is 0.205. The van der Waals surface area contributed by atoms with Gasteiger partial charge in [-0.05, 0) is 5.92 Å². The molecule has 0 aromatic carbocycles. The fraction of sp³-hybridized carbons (Fsp3) is 0.625. The van der Waals surface area contributed by atoms with Crippen molar-refractivity contribution in [3.63, 3.8) is 0 Å². The SMILES string of the molecule is C.CC(C)C.c1cnncn1. The van der Waals surface area contributed by atoms with Crippen LogP contribution in [-0.2, 0) is 0 Å². The van der Waals surface area contributed by atoms with Crippen LogP contribution in [0.1, 0.15) is 28.2 Å². The van der Waals surface area contributed by atoms with Crippen molar-refractivity contribution in [3.05, 3.63) is 18.7 Å². The third-order valence-corrected chi connectivity index (χ3v) is 0.404. The molecule has 1 heterocycles. The molecule has 0 aliphatic carbocycles. The average molecular weight is 155 g/mol. The van der Waals surface area contributed by atoms with E-state index in [1.165, 1.54) is 12.5 Å². The predicted molar refractivity (Wildman–Crippen MR) is 47.1 cm³/mol. The van der Waals surface area contributed by atoms with Gasteiger partial charge in [0, 0.05) is 6.20 Å². The number of hydrogen-bond donors (Lipinski definition) is 0. The molecule has 3 heteroatoms. The minimum Gasteiger partial charge on any atom is -0.241 e. The van der Waals surface area contributed by atoms with Crippen LogP contribution in [0.15, 0.2) is 18.7 Å². The lowest BCUT2D eigenvalue weighted by Gasteiger charge is -1.79. The van der Waals surface area contributed by atoms with Crippen LogP contribution in [0.4, 0.5) is 0 Å². The fourth-order valence-electron chi connectivity index (χ4n) is 0.205. The van der Waals surface area contributed by atoms with Crippen molar-refractivity contribution in [1.29, 1.82) is 0 Å². The smallest absolute Gasteiger partial charge is 0.138 e. The minimum atomic E-state index is 0. The van der Waals surface area contributed by atoms with Crippen molar-refractivity contribution in [3.8, 4) is 0 Å². The molecule has 0 spiro atoms. The van der Waals surface area contributed by atoms with E-state index in [2.05, 4.69) is 36.0 Å². The van der Waals surface area contributed by atoms with Gasteiger partial charge in [-0.2, -0.15) is 5.10 Å². The summed E-state index contributed by atoms with van der Waals surface area (Å²) in [6, 6.07) is 0. The van der Waals surface area contributed by atoms with Crippen LogP contribution >= 0.6 is 0 Å². The van der Waals surface area contributed by atoms with Crippen LogP contribution in [0.25, 0.3) is 0 Å². The molecule has 0 unspecified atom stereocenters. The summed E-state index contributed by atoms with van der Waals surface area (Å²) in [4.78, 5) is 3.61. The predicted octanol–water partition coefficient (Wildman–Crippen LogP) is 2.17. The third-order valence-electron chi connectivity index (χ3n) is 0.404. The molecule has 1 aromatic heterocycles. The summed E-state index contributed by atoms with van der Waals surface area (Å²) in [5.74, 6) is 0.833. The lowest BCUT2D eigenvalue weighted by molar-refractivity contribution is 0.737. The Kier molecular flexibility index (Phi) is 10.4. The quantitative estimate of drug-likeness (QED) is 0.576. The van der Waals surface area contributed by atoms with Crippen molar-refractivity contribution in [1.82, 2.24) is 15.2 Å². The van der Waals surface area contributed by atoms with Gasteiger partial charge in [-0.15, -0.1) is 5.10 Å². The largest absolute Gasteiger partial charge is 0.241 e. The van der Waals surface area contributed by atoms with E-state index in [1.807, 2.05) is 0 Å². The maximum Gasteiger partial charge on any atom is 0.138 e. The van der Waals surface area contributed by atoms with Crippen molar-refractivity contribution < 1.29 is 0 Å². The molecular formula is C8H17N3. The van der Waals surface area contributed by atoms with E-state index in [0.717, 1.165) is 5.92 Å². The lowest BCUT2D eigenvalue weighted by atomic mass is 10.3. The molecule has 0 N–H and O–H groups in total. The molecule has 0 bridgehead atoms. The molecule has 64 valence electrons. The molecule has 0 atom stereocenters. The van der Waals surface area contributed by atoms with E-state index in [4.69, 9.17) is 0 Å². The van der Waals surface area contributed by atoms with E-state index in [-0.39, 0.29) is 7.43 Å². The minimum absolute atomic E-state index is 0. The van der Waals surface area contributed by atoms with Gasteiger partial charge >= 0.3 is 0 Å². The number of rotatable bonds is 0. The van der Waals surface area contributed by atoms with Gasteiger partial charge in [0.25, 0.3) is 0 Å². The summed E-state index contributed by atoms with van der Waals surface area (Å²) in [6.07, 6.45) is 4.49. The van der Waals surface area contributed by atoms with Crippen LogP contribution in [0.5, 0.6) is 0 Å². The highest BCUT2D eigenvalue weighted by Gasteiger charge is 1.68. The first-order valence-corrected chi connectivity index (χ1v) is 3.30. The molecule has 0 radical (unpaired) electrons. The molecular weight excluding hydrogens is 138 g/mol. The van der Waals surface area contributed by atoms with Gasteiger partial charge < -0.3 is 0 Å². The Bertz CT molecular complexity index is 110.